The average Bonchev–Trinajstić information content (AvgIpc) is 3.05. The summed E-state index contributed by atoms with van der Waals surface area (Å²) in [6.07, 6.45) is 7.32. The van der Waals surface area contributed by atoms with Gasteiger partial charge in [-0.15, -0.1) is 13.2 Å². The van der Waals surface area contributed by atoms with E-state index in [0.717, 1.165) is 86.7 Å². The van der Waals surface area contributed by atoms with E-state index in [9.17, 15) is 0 Å². The molecular formula is C38H48N3O2S+. The topological polar surface area (TPSA) is 31.9 Å². The van der Waals surface area contributed by atoms with Crippen molar-refractivity contribution < 1.29 is 9.15 Å². The van der Waals surface area contributed by atoms with Gasteiger partial charge in [-0.3, -0.25) is 0 Å². The first-order valence-corrected chi connectivity index (χ1v) is 17.2. The Morgan fingerprint density at radius 3 is 2.23 bits per heavy atom. The summed E-state index contributed by atoms with van der Waals surface area (Å²) in [5.41, 5.74) is 6.91. The molecule has 5 rings (SSSR count). The Morgan fingerprint density at radius 2 is 1.57 bits per heavy atom. The summed E-state index contributed by atoms with van der Waals surface area (Å²) in [6, 6.07) is 20.3. The SMILES string of the molecule is C=CCN(CC=C)c1ccc(SC2CCCCO2)c(-c2c3ccc(=[N+](CC)CC)cc-3oc3cc(N(CC)CC)ccc23)c1. The molecule has 3 aliphatic rings. The predicted molar refractivity (Wildman–Crippen MR) is 190 cm³/mol. The van der Waals surface area contributed by atoms with Gasteiger partial charge in [0, 0.05) is 77.7 Å². The number of rotatable bonds is 13. The van der Waals surface area contributed by atoms with Crippen molar-refractivity contribution >= 4 is 34.1 Å². The molecule has 0 radical (unpaired) electrons. The van der Waals surface area contributed by atoms with E-state index in [1.165, 1.54) is 33.5 Å². The number of anilines is 2. The van der Waals surface area contributed by atoms with Gasteiger partial charge in [-0.2, -0.15) is 0 Å². The minimum atomic E-state index is 0.153. The standard InChI is InChI=1S/C38H48N3O2S/c1-7-22-41(23-8-2)28-18-21-36(44-37-15-13-14-24-42-37)33(25-28)38-31-19-16-29(39(9-3)10-4)26-34(31)43-35-27-30(17-20-32(35)38)40(11-5)12-6/h7-8,16-21,25-27,37H,1-2,9-15,22-24H2,3-6H3/q+1. The second kappa shape index (κ2) is 15.0. The van der Waals surface area contributed by atoms with Crippen LogP contribution in [0, 0.1) is 0 Å². The smallest absolute Gasteiger partial charge is 0.203 e. The highest BCUT2D eigenvalue weighted by Crippen LogP contribution is 2.46. The number of nitrogens with zero attached hydrogens (tertiary/aromatic N) is 3. The highest BCUT2D eigenvalue weighted by molar-refractivity contribution is 8.00. The molecule has 0 bridgehead atoms. The minimum Gasteiger partial charge on any atom is -0.456 e. The zero-order valence-corrected chi connectivity index (χ0v) is 27.8. The van der Waals surface area contributed by atoms with Crippen LogP contribution in [0.4, 0.5) is 11.4 Å². The number of ether oxygens (including phenoxy) is 1. The molecule has 1 unspecified atom stereocenters. The molecule has 1 aliphatic carbocycles. The highest BCUT2D eigenvalue weighted by atomic mass is 32.2. The Morgan fingerprint density at radius 1 is 0.841 bits per heavy atom. The Labute approximate surface area is 267 Å². The van der Waals surface area contributed by atoms with Crippen molar-refractivity contribution in [3.8, 4) is 22.5 Å². The van der Waals surface area contributed by atoms with Crippen LogP contribution in [0.2, 0.25) is 0 Å². The van der Waals surface area contributed by atoms with E-state index in [1.807, 2.05) is 23.9 Å². The van der Waals surface area contributed by atoms with E-state index in [1.54, 1.807) is 0 Å². The normalized spacial score (nSPS) is 15.0. The summed E-state index contributed by atoms with van der Waals surface area (Å²) in [7, 11) is 0. The Bertz CT molecular complexity index is 1620. The summed E-state index contributed by atoms with van der Waals surface area (Å²) in [6.45, 7) is 23.0. The molecule has 1 fully saturated rings. The van der Waals surface area contributed by atoms with Crippen LogP contribution in [0.1, 0.15) is 47.0 Å². The molecule has 2 aromatic rings. The van der Waals surface area contributed by atoms with Gasteiger partial charge in [0.15, 0.2) is 0 Å². The number of thioether (sulfide) groups is 1. The molecule has 1 atom stereocenters. The van der Waals surface area contributed by atoms with E-state index in [4.69, 9.17) is 9.15 Å². The average molecular weight is 611 g/mol. The fraction of sp³-hybridized carbons (Fsp3) is 0.395. The molecule has 0 N–H and O–H groups in total. The lowest BCUT2D eigenvalue weighted by Crippen LogP contribution is -2.29. The van der Waals surface area contributed by atoms with Gasteiger partial charge in [0.1, 0.15) is 29.9 Å². The van der Waals surface area contributed by atoms with Gasteiger partial charge in [-0.1, -0.05) is 23.9 Å². The van der Waals surface area contributed by atoms with Gasteiger partial charge in [0.2, 0.25) is 5.36 Å². The molecule has 44 heavy (non-hydrogen) atoms. The van der Waals surface area contributed by atoms with Gasteiger partial charge >= 0.3 is 0 Å². The van der Waals surface area contributed by atoms with Crippen molar-refractivity contribution in [1.29, 1.82) is 0 Å². The zero-order valence-electron chi connectivity index (χ0n) is 27.0. The maximum atomic E-state index is 6.79. The first kappa shape index (κ1) is 31.9. The molecule has 2 aliphatic heterocycles. The fourth-order valence-corrected chi connectivity index (χ4v) is 7.45. The van der Waals surface area contributed by atoms with Crippen LogP contribution < -0.4 is 19.7 Å². The van der Waals surface area contributed by atoms with Crippen LogP contribution in [0.3, 0.4) is 0 Å². The van der Waals surface area contributed by atoms with E-state index in [-0.39, 0.29) is 5.44 Å². The van der Waals surface area contributed by atoms with Crippen LogP contribution >= 0.6 is 11.8 Å². The van der Waals surface area contributed by atoms with Gasteiger partial charge in [-0.25, -0.2) is 4.58 Å². The summed E-state index contributed by atoms with van der Waals surface area (Å²) < 4.78 is 15.4. The number of hydrogen-bond acceptors (Lipinski definition) is 5. The molecule has 1 saturated heterocycles. The molecular weight excluding hydrogens is 563 g/mol. The van der Waals surface area contributed by atoms with Crippen LogP contribution in [0.15, 0.2) is 89.2 Å². The van der Waals surface area contributed by atoms with E-state index < -0.39 is 0 Å². The quantitative estimate of drug-likeness (QED) is 0.0859. The molecule has 0 spiro atoms. The van der Waals surface area contributed by atoms with Crippen molar-refractivity contribution in [2.24, 2.45) is 0 Å². The molecule has 6 heteroatoms. The molecule has 0 aromatic heterocycles. The van der Waals surface area contributed by atoms with Crippen molar-refractivity contribution in [3.63, 3.8) is 0 Å². The lowest BCUT2D eigenvalue weighted by molar-refractivity contribution is 0.0728. The van der Waals surface area contributed by atoms with Crippen molar-refractivity contribution in [3.05, 3.63) is 85.3 Å². The highest BCUT2D eigenvalue weighted by Gasteiger charge is 2.24. The second-order valence-corrected chi connectivity index (χ2v) is 12.5. The van der Waals surface area contributed by atoms with Gasteiger partial charge in [0.05, 0.1) is 6.07 Å². The van der Waals surface area contributed by atoms with Crippen LogP contribution in [-0.2, 0) is 4.74 Å². The van der Waals surface area contributed by atoms with Gasteiger partial charge < -0.3 is 19.0 Å². The molecule has 232 valence electrons. The Hall–Kier alpha value is -3.48. The summed E-state index contributed by atoms with van der Waals surface area (Å²) >= 11 is 1.85. The largest absolute Gasteiger partial charge is 0.456 e. The summed E-state index contributed by atoms with van der Waals surface area (Å²) in [4.78, 5) is 5.91. The van der Waals surface area contributed by atoms with Crippen LogP contribution in [0.5, 0.6) is 0 Å². The van der Waals surface area contributed by atoms with E-state index in [0.29, 0.717) is 0 Å². The fourth-order valence-electron chi connectivity index (χ4n) is 6.28. The van der Waals surface area contributed by atoms with Crippen LogP contribution in [-0.4, -0.2) is 51.3 Å². The van der Waals surface area contributed by atoms with E-state index in [2.05, 4.69) is 110 Å². The molecule has 2 heterocycles. The summed E-state index contributed by atoms with van der Waals surface area (Å²) in [5, 5.41) is 2.30. The number of fused-ring (bicyclic) bond motifs is 2. The van der Waals surface area contributed by atoms with Crippen molar-refractivity contribution in [1.82, 2.24) is 4.58 Å². The monoisotopic (exact) mass is 610 g/mol. The molecule has 2 aromatic carbocycles. The molecule has 5 nitrogen and oxygen atoms in total. The second-order valence-electron chi connectivity index (χ2n) is 11.3. The van der Waals surface area contributed by atoms with Gasteiger partial charge in [-0.05, 0) is 88.9 Å². The third-order valence-electron chi connectivity index (χ3n) is 8.64. The maximum Gasteiger partial charge on any atom is 0.203 e. The first-order chi connectivity index (χ1) is 21.5. The lowest BCUT2D eigenvalue weighted by Gasteiger charge is -2.27. The van der Waals surface area contributed by atoms with Crippen LogP contribution in [0.25, 0.3) is 33.4 Å². The minimum absolute atomic E-state index is 0.153. The number of hydrogen-bond donors (Lipinski definition) is 0. The Kier molecular flexibility index (Phi) is 10.9. The third-order valence-corrected chi connectivity index (χ3v) is 9.88. The van der Waals surface area contributed by atoms with Crippen molar-refractivity contribution in [2.45, 2.75) is 57.3 Å². The third kappa shape index (κ3) is 6.77. The lowest BCUT2D eigenvalue weighted by atomic mass is 9.93. The van der Waals surface area contributed by atoms with E-state index >= 15 is 0 Å². The first-order valence-electron chi connectivity index (χ1n) is 16.3. The molecule has 0 amide bonds. The summed E-state index contributed by atoms with van der Waals surface area (Å²) in [5.74, 6) is 0.901. The Balaban J connectivity index is 1.82. The number of benzene rings is 3. The zero-order chi connectivity index (χ0) is 31.1. The predicted octanol–water partition coefficient (Wildman–Crippen LogP) is 8.66. The van der Waals surface area contributed by atoms with Gasteiger partial charge in [0.25, 0.3) is 0 Å². The molecule has 0 saturated carbocycles. The maximum absolute atomic E-state index is 6.79. The van der Waals surface area contributed by atoms with Crippen molar-refractivity contribution in [2.75, 3.05) is 55.7 Å².